The highest BCUT2D eigenvalue weighted by atomic mass is 16.5. The lowest BCUT2D eigenvalue weighted by molar-refractivity contribution is -0.138. The number of ether oxygens (including phenoxy) is 1. The molecular formula is C16H21N9O2. The minimum Gasteiger partial charge on any atom is -0.425 e. The van der Waals surface area contributed by atoms with Crippen molar-refractivity contribution in [1.82, 2.24) is 45.3 Å². The monoisotopic (exact) mass is 371 g/mol. The minimum atomic E-state index is -0.700. The summed E-state index contributed by atoms with van der Waals surface area (Å²) in [4.78, 5) is 14.7. The van der Waals surface area contributed by atoms with Gasteiger partial charge in [0.1, 0.15) is 5.75 Å². The lowest BCUT2D eigenvalue weighted by Gasteiger charge is -2.15. The smallest absolute Gasteiger partial charge is 0.336 e. The van der Waals surface area contributed by atoms with Gasteiger partial charge in [0, 0.05) is 6.54 Å². The Labute approximate surface area is 155 Å². The zero-order valence-corrected chi connectivity index (χ0v) is 15.4. The molecule has 1 aromatic carbocycles. The summed E-state index contributed by atoms with van der Waals surface area (Å²) in [7, 11) is 3.92. The number of hydrogen-bond acceptors (Lipinski definition) is 9. The van der Waals surface area contributed by atoms with E-state index in [1.54, 1.807) is 28.9 Å². The van der Waals surface area contributed by atoms with Crippen molar-refractivity contribution in [3.8, 4) is 17.4 Å². The highest BCUT2D eigenvalue weighted by Gasteiger charge is 2.28. The summed E-state index contributed by atoms with van der Waals surface area (Å²) in [6.07, 6.45) is 0.447. The van der Waals surface area contributed by atoms with Crippen molar-refractivity contribution in [3.63, 3.8) is 0 Å². The molecule has 0 aliphatic rings. The van der Waals surface area contributed by atoms with Gasteiger partial charge in [-0.3, -0.25) is 0 Å². The van der Waals surface area contributed by atoms with Crippen LogP contribution in [0.15, 0.2) is 30.3 Å². The second kappa shape index (κ2) is 8.45. The van der Waals surface area contributed by atoms with Gasteiger partial charge in [0.2, 0.25) is 11.6 Å². The Hall–Kier alpha value is -3.21. The zero-order chi connectivity index (χ0) is 19.2. The average Bonchev–Trinajstić information content (AvgIpc) is 3.30. The summed E-state index contributed by atoms with van der Waals surface area (Å²) in [6, 6.07) is 8.17. The van der Waals surface area contributed by atoms with Gasteiger partial charge in [-0.2, -0.15) is 0 Å². The third kappa shape index (κ3) is 4.31. The Morgan fingerprint density at radius 3 is 2.52 bits per heavy atom. The molecule has 3 aromatic rings. The largest absolute Gasteiger partial charge is 0.425 e. The van der Waals surface area contributed by atoms with Crippen LogP contribution in [0.4, 0.5) is 0 Å². The Morgan fingerprint density at radius 1 is 1.11 bits per heavy atom. The van der Waals surface area contributed by atoms with Crippen LogP contribution >= 0.6 is 0 Å². The molecular weight excluding hydrogens is 350 g/mol. The topological polar surface area (TPSA) is 117 Å². The van der Waals surface area contributed by atoms with Crippen molar-refractivity contribution in [2.75, 3.05) is 20.6 Å². The maximum absolute atomic E-state index is 12.7. The Bertz CT molecular complexity index is 875. The predicted molar refractivity (Wildman–Crippen MR) is 94.6 cm³/mol. The molecule has 11 heteroatoms. The molecule has 0 aliphatic carbocycles. The fourth-order valence-corrected chi connectivity index (χ4v) is 2.47. The first-order chi connectivity index (χ1) is 13.1. The van der Waals surface area contributed by atoms with Crippen LogP contribution in [0.5, 0.6) is 5.75 Å². The number of rotatable bonds is 8. The maximum Gasteiger partial charge on any atom is 0.336 e. The van der Waals surface area contributed by atoms with E-state index in [4.69, 9.17) is 4.74 Å². The zero-order valence-electron chi connectivity index (χ0n) is 15.4. The average molecular weight is 371 g/mol. The third-order valence-electron chi connectivity index (χ3n) is 3.90. The van der Waals surface area contributed by atoms with Gasteiger partial charge in [-0.15, -0.1) is 10.2 Å². The standard InChI is InChI=1S/C16H21N9O2/c1-4-13(16(26)27-12-8-6-5-7-9-12)25-15(18-20-22-25)14-17-19-21-24(14)11-10-23(2)3/h5-9,13H,4,10-11H2,1-3H3. The first-order valence-electron chi connectivity index (χ1n) is 8.56. The quantitative estimate of drug-likeness (QED) is 0.411. The first kappa shape index (κ1) is 18.6. The number of nitrogens with zero attached hydrogens (tertiary/aromatic N) is 9. The van der Waals surface area contributed by atoms with Crippen LogP contribution in [-0.2, 0) is 11.3 Å². The fourth-order valence-electron chi connectivity index (χ4n) is 2.47. The molecule has 1 unspecified atom stereocenters. The summed E-state index contributed by atoms with van der Waals surface area (Å²) < 4.78 is 8.47. The molecule has 0 saturated heterocycles. The maximum atomic E-state index is 12.7. The van der Waals surface area contributed by atoms with Gasteiger partial charge in [0.05, 0.1) is 6.54 Å². The van der Waals surface area contributed by atoms with Crippen LogP contribution in [0.1, 0.15) is 19.4 Å². The van der Waals surface area contributed by atoms with Crippen molar-refractivity contribution in [2.45, 2.75) is 25.9 Å². The SMILES string of the molecule is CCC(C(=O)Oc1ccccc1)n1nnnc1-c1nnnn1CCN(C)C. The second-order valence-corrected chi connectivity index (χ2v) is 6.13. The summed E-state index contributed by atoms with van der Waals surface area (Å²) in [5, 5.41) is 23.4. The van der Waals surface area contributed by atoms with Gasteiger partial charge in [-0.05, 0) is 53.5 Å². The molecule has 3 rings (SSSR count). The number of hydrogen-bond donors (Lipinski definition) is 0. The summed E-state index contributed by atoms with van der Waals surface area (Å²) >= 11 is 0. The molecule has 0 fully saturated rings. The molecule has 27 heavy (non-hydrogen) atoms. The van der Waals surface area contributed by atoms with Gasteiger partial charge >= 0.3 is 5.97 Å². The van der Waals surface area contributed by atoms with Crippen molar-refractivity contribution in [2.24, 2.45) is 0 Å². The van der Waals surface area contributed by atoms with Crippen LogP contribution in [0.25, 0.3) is 11.6 Å². The van der Waals surface area contributed by atoms with Gasteiger partial charge in [0.15, 0.2) is 6.04 Å². The van der Waals surface area contributed by atoms with E-state index >= 15 is 0 Å². The third-order valence-corrected chi connectivity index (χ3v) is 3.90. The van der Waals surface area contributed by atoms with E-state index in [9.17, 15) is 4.79 Å². The summed E-state index contributed by atoms with van der Waals surface area (Å²) in [5.74, 6) is 0.722. The highest BCUT2D eigenvalue weighted by molar-refractivity contribution is 5.77. The van der Waals surface area contributed by atoms with Crippen LogP contribution in [0.3, 0.4) is 0 Å². The van der Waals surface area contributed by atoms with E-state index in [1.807, 2.05) is 32.0 Å². The number of para-hydroxylation sites is 1. The molecule has 142 valence electrons. The minimum absolute atomic E-state index is 0.315. The van der Waals surface area contributed by atoms with Crippen LogP contribution in [0.2, 0.25) is 0 Å². The van der Waals surface area contributed by atoms with Gasteiger partial charge in [0.25, 0.3) is 0 Å². The van der Waals surface area contributed by atoms with E-state index < -0.39 is 12.0 Å². The second-order valence-electron chi connectivity index (χ2n) is 6.13. The fraction of sp³-hybridized carbons (Fsp3) is 0.438. The van der Waals surface area contributed by atoms with Crippen LogP contribution < -0.4 is 4.74 Å². The molecule has 2 heterocycles. The lowest BCUT2D eigenvalue weighted by atomic mass is 10.2. The number of esters is 1. The molecule has 0 bridgehead atoms. The normalized spacial score (nSPS) is 12.3. The number of aromatic nitrogens is 8. The van der Waals surface area contributed by atoms with E-state index in [0.29, 0.717) is 30.4 Å². The molecule has 0 amide bonds. The predicted octanol–water partition coefficient (Wildman–Crippen LogP) is 0.445. The van der Waals surface area contributed by atoms with E-state index in [1.165, 1.54) is 4.68 Å². The molecule has 1 atom stereocenters. The van der Waals surface area contributed by atoms with Gasteiger partial charge in [-0.1, -0.05) is 25.1 Å². The molecule has 0 N–H and O–H groups in total. The van der Waals surface area contributed by atoms with Crippen molar-refractivity contribution >= 4 is 5.97 Å². The number of carbonyl (C=O) groups excluding carboxylic acids is 1. The lowest BCUT2D eigenvalue weighted by Crippen LogP contribution is -2.26. The van der Waals surface area contributed by atoms with E-state index in [2.05, 4.69) is 31.1 Å². The number of likely N-dealkylation sites (N-methyl/N-ethyl adjacent to an activating group) is 1. The highest BCUT2D eigenvalue weighted by Crippen LogP contribution is 2.21. The Balaban J connectivity index is 1.85. The molecule has 0 saturated carbocycles. The number of tetrazole rings is 2. The molecule has 0 spiro atoms. The Kier molecular flexibility index (Phi) is 5.81. The molecule has 0 aliphatic heterocycles. The molecule has 2 aromatic heterocycles. The van der Waals surface area contributed by atoms with E-state index in [-0.39, 0.29) is 0 Å². The number of benzene rings is 1. The number of carbonyl (C=O) groups is 1. The van der Waals surface area contributed by atoms with Gasteiger partial charge in [-0.25, -0.2) is 14.2 Å². The van der Waals surface area contributed by atoms with Crippen molar-refractivity contribution in [1.29, 1.82) is 0 Å². The van der Waals surface area contributed by atoms with Crippen molar-refractivity contribution in [3.05, 3.63) is 30.3 Å². The van der Waals surface area contributed by atoms with Gasteiger partial charge < -0.3 is 9.64 Å². The van der Waals surface area contributed by atoms with Crippen LogP contribution in [0, 0.1) is 0 Å². The first-order valence-corrected chi connectivity index (χ1v) is 8.56. The summed E-state index contributed by atoms with van der Waals surface area (Å²) in [6.45, 7) is 3.16. The van der Waals surface area contributed by atoms with E-state index in [0.717, 1.165) is 6.54 Å². The summed E-state index contributed by atoms with van der Waals surface area (Å²) in [5.41, 5.74) is 0. The molecule has 0 radical (unpaired) electrons. The Morgan fingerprint density at radius 2 is 1.81 bits per heavy atom. The molecule has 11 nitrogen and oxygen atoms in total. The van der Waals surface area contributed by atoms with Crippen molar-refractivity contribution < 1.29 is 9.53 Å². The van der Waals surface area contributed by atoms with Crippen LogP contribution in [-0.4, -0.2) is 71.9 Å².